The van der Waals surface area contributed by atoms with Crippen LogP contribution in [-0.4, -0.2) is 45.4 Å². The number of hydrogen-bond acceptors (Lipinski definition) is 6. The molecular formula is C15H18N4O2. The largest absolute Gasteiger partial charge is 0.386 e. The highest BCUT2D eigenvalue weighted by atomic mass is 16.5. The number of hydrogen-bond donors (Lipinski definition) is 2. The number of aliphatic hydroxyl groups is 1. The lowest BCUT2D eigenvalue weighted by Crippen LogP contribution is -2.37. The average molecular weight is 286 g/mol. The van der Waals surface area contributed by atoms with E-state index in [1.165, 1.54) is 0 Å². The summed E-state index contributed by atoms with van der Waals surface area (Å²) in [6.07, 6.45) is 4.11. The normalized spacial score (nSPS) is 21.4. The molecule has 1 fully saturated rings. The third-order valence-corrected chi connectivity index (χ3v) is 3.50. The maximum Gasteiger partial charge on any atom is 0.130 e. The molecule has 0 aromatic carbocycles. The van der Waals surface area contributed by atoms with Crippen LogP contribution in [0.5, 0.6) is 0 Å². The van der Waals surface area contributed by atoms with Crippen molar-refractivity contribution in [2.24, 2.45) is 0 Å². The van der Waals surface area contributed by atoms with Crippen LogP contribution >= 0.6 is 0 Å². The summed E-state index contributed by atoms with van der Waals surface area (Å²) in [7, 11) is 0. The lowest BCUT2D eigenvalue weighted by atomic mass is 10.0. The lowest BCUT2D eigenvalue weighted by molar-refractivity contribution is 0.0381. The third kappa shape index (κ3) is 3.34. The monoisotopic (exact) mass is 286 g/mol. The third-order valence-electron chi connectivity index (χ3n) is 3.50. The van der Waals surface area contributed by atoms with Gasteiger partial charge in [-0.05, 0) is 19.1 Å². The summed E-state index contributed by atoms with van der Waals surface area (Å²) in [5, 5.41) is 13.5. The summed E-state index contributed by atoms with van der Waals surface area (Å²) in [6.45, 7) is 3.23. The Bertz CT molecular complexity index is 612. The maximum absolute atomic E-state index is 10.3. The Balaban J connectivity index is 1.78. The fraction of sp³-hybridized carbons (Fsp3) is 0.400. The van der Waals surface area contributed by atoms with E-state index in [-0.39, 0.29) is 0 Å². The smallest absolute Gasteiger partial charge is 0.130 e. The van der Waals surface area contributed by atoms with E-state index in [1.54, 1.807) is 12.4 Å². The van der Waals surface area contributed by atoms with E-state index in [0.29, 0.717) is 37.8 Å². The Labute approximate surface area is 123 Å². The molecule has 1 saturated heterocycles. The molecule has 1 unspecified atom stereocenters. The van der Waals surface area contributed by atoms with E-state index in [9.17, 15) is 5.11 Å². The van der Waals surface area contributed by atoms with Gasteiger partial charge < -0.3 is 15.2 Å². The lowest BCUT2D eigenvalue weighted by Gasteiger charge is -2.21. The van der Waals surface area contributed by atoms with Gasteiger partial charge in [-0.2, -0.15) is 0 Å². The molecule has 3 heterocycles. The van der Waals surface area contributed by atoms with Crippen LogP contribution in [0.4, 0.5) is 5.82 Å². The van der Waals surface area contributed by atoms with E-state index in [0.717, 1.165) is 11.3 Å². The molecule has 0 radical (unpaired) electrons. The first-order chi connectivity index (χ1) is 10.1. The minimum Gasteiger partial charge on any atom is -0.386 e. The summed E-state index contributed by atoms with van der Waals surface area (Å²) in [5.41, 5.74) is 1.01. The van der Waals surface area contributed by atoms with Gasteiger partial charge in [0.15, 0.2) is 0 Å². The Morgan fingerprint density at radius 3 is 2.86 bits per heavy atom. The fourth-order valence-electron chi connectivity index (χ4n) is 2.32. The SMILES string of the molecule is Cc1nc(NCC2(O)CCOC2)cc(-c2ccncc2)n1. The van der Waals surface area contributed by atoms with Crippen LogP contribution in [0.3, 0.4) is 0 Å². The second-order valence-corrected chi connectivity index (χ2v) is 5.30. The van der Waals surface area contributed by atoms with Crippen LogP contribution in [0.15, 0.2) is 30.6 Å². The molecule has 110 valence electrons. The first-order valence-electron chi connectivity index (χ1n) is 6.95. The highest BCUT2D eigenvalue weighted by Gasteiger charge is 2.32. The number of rotatable bonds is 4. The van der Waals surface area contributed by atoms with Crippen LogP contribution in [0.1, 0.15) is 12.2 Å². The first kappa shape index (κ1) is 13.9. The summed E-state index contributed by atoms with van der Waals surface area (Å²) in [4.78, 5) is 12.8. The highest BCUT2D eigenvalue weighted by molar-refractivity contribution is 5.61. The number of aryl methyl sites for hydroxylation is 1. The van der Waals surface area contributed by atoms with Gasteiger partial charge in [-0.3, -0.25) is 4.98 Å². The molecule has 0 amide bonds. The Morgan fingerprint density at radius 2 is 2.14 bits per heavy atom. The average Bonchev–Trinajstić information content (AvgIpc) is 2.93. The van der Waals surface area contributed by atoms with Crippen molar-refractivity contribution in [2.45, 2.75) is 18.9 Å². The van der Waals surface area contributed by atoms with E-state index >= 15 is 0 Å². The molecule has 0 bridgehead atoms. The molecule has 6 nitrogen and oxygen atoms in total. The van der Waals surface area contributed by atoms with E-state index in [1.807, 2.05) is 25.1 Å². The molecule has 1 atom stereocenters. The Kier molecular flexibility index (Phi) is 3.81. The van der Waals surface area contributed by atoms with E-state index in [4.69, 9.17) is 4.74 Å². The number of aromatic nitrogens is 3. The van der Waals surface area contributed by atoms with Crippen molar-refractivity contribution in [2.75, 3.05) is 25.1 Å². The van der Waals surface area contributed by atoms with Crippen LogP contribution < -0.4 is 5.32 Å². The molecule has 3 rings (SSSR count). The predicted molar refractivity (Wildman–Crippen MR) is 78.9 cm³/mol. The van der Waals surface area contributed by atoms with Crippen molar-refractivity contribution in [1.82, 2.24) is 15.0 Å². The van der Waals surface area contributed by atoms with Gasteiger partial charge >= 0.3 is 0 Å². The summed E-state index contributed by atoms with van der Waals surface area (Å²) in [5.74, 6) is 1.39. The van der Waals surface area contributed by atoms with Gasteiger partial charge in [0.05, 0.1) is 12.3 Å². The van der Waals surface area contributed by atoms with Gasteiger partial charge in [0.2, 0.25) is 0 Å². The zero-order chi connectivity index (χ0) is 14.7. The molecule has 0 aliphatic carbocycles. The van der Waals surface area contributed by atoms with Gasteiger partial charge in [0, 0.05) is 43.6 Å². The van der Waals surface area contributed by atoms with Crippen LogP contribution in [0.25, 0.3) is 11.3 Å². The van der Waals surface area contributed by atoms with Gasteiger partial charge in [0.25, 0.3) is 0 Å². The molecule has 1 aliphatic rings. The van der Waals surface area contributed by atoms with Crippen LogP contribution in [0, 0.1) is 6.92 Å². The van der Waals surface area contributed by atoms with Gasteiger partial charge in [-0.1, -0.05) is 0 Å². The molecule has 6 heteroatoms. The van der Waals surface area contributed by atoms with E-state index in [2.05, 4.69) is 20.3 Å². The first-order valence-corrected chi connectivity index (χ1v) is 6.95. The van der Waals surface area contributed by atoms with Gasteiger partial charge in [-0.15, -0.1) is 0 Å². The molecule has 2 aromatic heterocycles. The number of anilines is 1. The molecule has 2 aromatic rings. The quantitative estimate of drug-likeness (QED) is 0.884. The van der Waals surface area contributed by atoms with Crippen molar-refractivity contribution in [1.29, 1.82) is 0 Å². The van der Waals surface area contributed by atoms with E-state index < -0.39 is 5.60 Å². The molecule has 2 N–H and O–H groups in total. The molecule has 21 heavy (non-hydrogen) atoms. The maximum atomic E-state index is 10.3. The van der Waals surface area contributed by atoms with Crippen molar-refractivity contribution < 1.29 is 9.84 Å². The highest BCUT2D eigenvalue weighted by Crippen LogP contribution is 2.21. The summed E-state index contributed by atoms with van der Waals surface area (Å²) < 4.78 is 5.24. The summed E-state index contributed by atoms with van der Waals surface area (Å²) >= 11 is 0. The van der Waals surface area contributed by atoms with Crippen LogP contribution in [0.2, 0.25) is 0 Å². The summed E-state index contributed by atoms with van der Waals surface area (Å²) in [6, 6.07) is 5.69. The predicted octanol–water partition coefficient (Wildman–Crippen LogP) is 1.41. The minimum absolute atomic E-state index is 0.362. The van der Waals surface area contributed by atoms with Gasteiger partial charge in [0.1, 0.15) is 17.2 Å². The standard InChI is InChI=1S/C15H18N4O2/c1-11-18-13(12-2-5-16-6-3-12)8-14(19-11)17-9-15(20)4-7-21-10-15/h2-3,5-6,8,20H,4,7,9-10H2,1H3,(H,17,18,19). The van der Waals surface area contributed by atoms with Crippen LogP contribution in [-0.2, 0) is 4.74 Å². The zero-order valence-electron chi connectivity index (χ0n) is 11.9. The minimum atomic E-state index is -0.810. The Hall–Kier alpha value is -2.05. The number of nitrogens with one attached hydrogen (secondary N) is 1. The second kappa shape index (κ2) is 5.75. The Morgan fingerprint density at radius 1 is 1.33 bits per heavy atom. The fourth-order valence-corrected chi connectivity index (χ4v) is 2.32. The van der Waals surface area contributed by atoms with Crippen molar-refractivity contribution in [3.8, 4) is 11.3 Å². The molecule has 1 aliphatic heterocycles. The zero-order valence-corrected chi connectivity index (χ0v) is 11.9. The topological polar surface area (TPSA) is 80.2 Å². The number of ether oxygens (including phenoxy) is 1. The van der Waals surface area contributed by atoms with Crippen molar-refractivity contribution in [3.63, 3.8) is 0 Å². The second-order valence-electron chi connectivity index (χ2n) is 5.30. The van der Waals surface area contributed by atoms with Gasteiger partial charge in [-0.25, -0.2) is 9.97 Å². The van der Waals surface area contributed by atoms with Crippen molar-refractivity contribution >= 4 is 5.82 Å². The molecule has 0 saturated carbocycles. The molecule has 0 spiro atoms. The number of nitrogens with zero attached hydrogens (tertiary/aromatic N) is 3. The number of pyridine rings is 1. The van der Waals surface area contributed by atoms with Crippen molar-refractivity contribution in [3.05, 3.63) is 36.4 Å². The molecular weight excluding hydrogens is 268 g/mol.